The number of nitrogens with zero attached hydrogens (tertiary/aromatic N) is 1. The zero-order valence-electron chi connectivity index (χ0n) is 28.5. The summed E-state index contributed by atoms with van der Waals surface area (Å²) in [6.07, 6.45) is 0. The number of rotatable bonds is 6. The Morgan fingerprint density at radius 1 is 0.378 bits per heavy atom. The number of anilines is 3. The molecule has 0 aliphatic carbocycles. The molecule has 45 heavy (non-hydrogen) atoms. The van der Waals surface area contributed by atoms with Crippen molar-refractivity contribution in [2.24, 2.45) is 0 Å². The zero-order chi connectivity index (χ0) is 33.5. The van der Waals surface area contributed by atoms with Crippen molar-refractivity contribution in [1.82, 2.24) is 0 Å². The van der Waals surface area contributed by atoms with Crippen LogP contribution in [0.2, 0.25) is 0 Å². The Hall–Kier alpha value is -5.92. The molecular formula is C44H31N. The minimum atomic E-state index is -0.215. The summed E-state index contributed by atoms with van der Waals surface area (Å²) in [5, 5.41) is 4.37. The Labute approximate surface area is 269 Å². The molecule has 0 saturated heterocycles. The van der Waals surface area contributed by atoms with E-state index in [9.17, 15) is 2.74 Å². The van der Waals surface area contributed by atoms with Crippen molar-refractivity contribution in [2.45, 2.75) is 0 Å². The molecule has 0 amide bonds. The van der Waals surface area contributed by atoms with Crippen molar-refractivity contribution in [3.8, 4) is 33.4 Å². The Morgan fingerprint density at radius 2 is 0.978 bits per heavy atom. The smallest absolute Gasteiger partial charge is 0.0651 e. The zero-order valence-corrected chi connectivity index (χ0v) is 24.5. The van der Waals surface area contributed by atoms with Crippen molar-refractivity contribution < 1.29 is 5.48 Å². The summed E-state index contributed by atoms with van der Waals surface area (Å²) in [4.78, 5) is 1.88. The first-order valence-electron chi connectivity index (χ1n) is 17.1. The van der Waals surface area contributed by atoms with Gasteiger partial charge in [-0.05, 0) is 97.3 Å². The van der Waals surface area contributed by atoms with E-state index < -0.39 is 0 Å². The molecule has 8 aromatic rings. The summed E-state index contributed by atoms with van der Waals surface area (Å²) >= 11 is 0. The van der Waals surface area contributed by atoms with Gasteiger partial charge in [0.25, 0.3) is 0 Å². The molecule has 0 aromatic heterocycles. The average Bonchev–Trinajstić information content (AvgIpc) is 3.16. The Kier molecular flexibility index (Phi) is 5.84. The maximum absolute atomic E-state index is 9.58. The van der Waals surface area contributed by atoms with Crippen LogP contribution in [0.15, 0.2) is 188 Å². The third-order valence-corrected chi connectivity index (χ3v) is 8.33. The van der Waals surface area contributed by atoms with Crippen molar-refractivity contribution in [3.63, 3.8) is 0 Å². The van der Waals surface area contributed by atoms with Crippen LogP contribution in [-0.2, 0) is 0 Å². The molecule has 0 heterocycles. The standard InChI is InChI=1S/C44H31N/c1-2-10-32(11-3-1)34-22-26-40(27-23-34)45(41-28-24-36(25-29-41)44-19-9-15-35-13-6-7-18-43(35)44)42-17-8-16-38(31-42)39-21-20-33-12-4-5-14-37(33)30-39/h1-31H/i8D,16D,17D,31D. The van der Waals surface area contributed by atoms with E-state index in [-0.39, 0.29) is 29.9 Å². The summed E-state index contributed by atoms with van der Waals surface area (Å²) in [7, 11) is 0. The highest BCUT2D eigenvalue weighted by Gasteiger charge is 2.15. The topological polar surface area (TPSA) is 3.24 Å². The first-order valence-corrected chi connectivity index (χ1v) is 15.1. The predicted octanol–water partition coefficient (Wildman–Crippen LogP) is 12.5. The Bertz CT molecular complexity index is 2470. The van der Waals surface area contributed by atoms with Gasteiger partial charge in [0.1, 0.15) is 0 Å². The lowest BCUT2D eigenvalue weighted by atomic mass is 9.98. The number of hydrogen-bond acceptors (Lipinski definition) is 1. The van der Waals surface area contributed by atoms with Gasteiger partial charge in [-0.1, -0.05) is 146 Å². The Balaban J connectivity index is 1.31. The van der Waals surface area contributed by atoms with E-state index in [1.54, 1.807) is 0 Å². The molecule has 0 aliphatic rings. The minimum Gasteiger partial charge on any atom is -0.310 e. The lowest BCUT2D eigenvalue weighted by Gasteiger charge is -2.26. The molecule has 0 unspecified atom stereocenters. The first-order chi connectivity index (χ1) is 24.0. The van der Waals surface area contributed by atoms with Crippen LogP contribution >= 0.6 is 0 Å². The molecule has 0 aliphatic heterocycles. The molecule has 1 nitrogen and oxygen atoms in total. The maximum Gasteiger partial charge on any atom is 0.0651 e. The highest BCUT2D eigenvalue weighted by atomic mass is 15.1. The summed E-state index contributed by atoms with van der Waals surface area (Å²) in [6.45, 7) is 0. The van der Waals surface area contributed by atoms with E-state index in [0.717, 1.165) is 49.8 Å². The quantitative estimate of drug-likeness (QED) is 0.190. The molecule has 212 valence electrons. The van der Waals surface area contributed by atoms with Gasteiger partial charge in [-0.15, -0.1) is 0 Å². The Morgan fingerprint density at radius 3 is 1.76 bits per heavy atom. The highest BCUT2D eigenvalue weighted by Crippen LogP contribution is 2.39. The number of fused-ring (bicyclic) bond motifs is 2. The summed E-state index contributed by atoms with van der Waals surface area (Å²) in [6, 6.07) is 54.4. The second-order valence-corrected chi connectivity index (χ2v) is 11.1. The lowest BCUT2D eigenvalue weighted by Crippen LogP contribution is -2.10. The third kappa shape index (κ3) is 5.26. The molecule has 0 radical (unpaired) electrons. The second kappa shape index (κ2) is 11.6. The van der Waals surface area contributed by atoms with Gasteiger partial charge in [0.15, 0.2) is 0 Å². The molecule has 8 aromatic carbocycles. The van der Waals surface area contributed by atoms with Crippen molar-refractivity contribution >= 4 is 38.6 Å². The average molecular weight is 578 g/mol. The molecule has 0 saturated carbocycles. The van der Waals surface area contributed by atoms with E-state index in [1.807, 2.05) is 114 Å². The summed E-state index contributed by atoms with van der Waals surface area (Å²) in [5.74, 6) is 0. The second-order valence-electron chi connectivity index (χ2n) is 11.1. The molecule has 0 atom stereocenters. The van der Waals surface area contributed by atoms with Crippen molar-refractivity contribution in [3.05, 3.63) is 188 Å². The number of benzene rings is 8. The summed E-state index contributed by atoms with van der Waals surface area (Å²) < 4.78 is 36.6. The van der Waals surface area contributed by atoms with Crippen molar-refractivity contribution in [1.29, 1.82) is 0 Å². The summed E-state index contributed by atoms with van der Waals surface area (Å²) in [5.41, 5.74) is 7.08. The van der Waals surface area contributed by atoms with Gasteiger partial charge in [-0.2, -0.15) is 0 Å². The van der Waals surface area contributed by atoms with E-state index >= 15 is 0 Å². The van der Waals surface area contributed by atoms with Crippen LogP contribution in [0, 0.1) is 0 Å². The molecule has 0 bridgehead atoms. The van der Waals surface area contributed by atoms with Crippen LogP contribution in [-0.4, -0.2) is 0 Å². The van der Waals surface area contributed by atoms with E-state index in [4.69, 9.17) is 2.74 Å². The fraction of sp³-hybridized carbons (Fsp3) is 0. The van der Waals surface area contributed by atoms with Crippen LogP contribution in [0.25, 0.3) is 54.9 Å². The molecule has 0 fully saturated rings. The van der Waals surface area contributed by atoms with Crippen LogP contribution in [0.5, 0.6) is 0 Å². The van der Waals surface area contributed by atoms with Gasteiger partial charge in [-0.25, -0.2) is 0 Å². The molecule has 0 N–H and O–H groups in total. The van der Waals surface area contributed by atoms with Crippen LogP contribution in [0.1, 0.15) is 5.48 Å². The molecular weight excluding hydrogens is 542 g/mol. The lowest BCUT2D eigenvalue weighted by molar-refractivity contribution is 1.28. The number of hydrogen-bond donors (Lipinski definition) is 0. The van der Waals surface area contributed by atoms with Gasteiger partial charge in [0.2, 0.25) is 0 Å². The van der Waals surface area contributed by atoms with Crippen molar-refractivity contribution in [2.75, 3.05) is 4.90 Å². The van der Waals surface area contributed by atoms with Gasteiger partial charge < -0.3 is 4.90 Å². The molecule has 0 spiro atoms. The van der Waals surface area contributed by atoms with E-state index in [1.165, 1.54) is 5.39 Å². The van der Waals surface area contributed by atoms with Crippen LogP contribution < -0.4 is 4.90 Å². The fourth-order valence-electron chi connectivity index (χ4n) is 6.04. The van der Waals surface area contributed by atoms with Gasteiger partial charge in [-0.3, -0.25) is 0 Å². The molecule has 8 rings (SSSR count). The molecule has 1 heteroatoms. The van der Waals surface area contributed by atoms with Crippen LogP contribution in [0.4, 0.5) is 17.1 Å². The minimum absolute atomic E-state index is 0.0338. The van der Waals surface area contributed by atoms with Gasteiger partial charge >= 0.3 is 0 Å². The monoisotopic (exact) mass is 577 g/mol. The first kappa shape index (κ1) is 22.6. The normalized spacial score (nSPS) is 12.4. The predicted molar refractivity (Wildman–Crippen MR) is 192 cm³/mol. The van der Waals surface area contributed by atoms with E-state index in [2.05, 4.69) is 54.6 Å². The van der Waals surface area contributed by atoms with Gasteiger partial charge in [0.05, 0.1) is 5.48 Å². The SMILES string of the molecule is [2H]c1c([2H])c(-c2ccc3ccccc3c2)c([2H])c(N(c2ccc(-c3ccccc3)cc2)c2ccc(-c3cccc4ccccc34)cc2)c1[2H]. The largest absolute Gasteiger partial charge is 0.310 e. The third-order valence-electron chi connectivity index (χ3n) is 8.33. The van der Waals surface area contributed by atoms with Crippen LogP contribution in [0.3, 0.4) is 0 Å². The fourth-order valence-corrected chi connectivity index (χ4v) is 6.04. The highest BCUT2D eigenvalue weighted by molar-refractivity contribution is 5.97. The van der Waals surface area contributed by atoms with Gasteiger partial charge in [0, 0.05) is 17.1 Å². The van der Waals surface area contributed by atoms with E-state index in [0.29, 0.717) is 11.1 Å². The maximum atomic E-state index is 9.58.